The maximum absolute atomic E-state index is 12.0. The highest BCUT2D eigenvalue weighted by Gasteiger charge is 2.38. The van der Waals surface area contributed by atoms with Gasteiger partial charge < -0.3 is 5.84 Å². The van der Waals surface area contributed by atoms with Gasteiger partial charge in [0.2, 0.25) is 5.16 Å². The van der Waals surface area contributed by atoms with Gasteiger partial charge in [-0.3, -0.25) is 0 Å². The second-order valence-corrected chi connectivity index (χ2v) is 2.65. The summed E-state index contributed by atoms with van der Waals surface area (Å²) in [7, 11) is 0. The van der Waals surface area contributed by atoms with E-state index in [-0.39, 0.29) is 5.16 Å². The van der Waals surface area contributed by atoms with E-state index in [1.54, 1.807) is 6.26 Å². The minimum absolute atomic E-state index is 0.0299. The van der Waals surface area contributed by atoms with Gasteiger partial charge in [-0.1, -0.05) is 11.8 Å². The van der Waals surface area contributed by atoms with Gasteiger partial charge in [-0.15, -0.1) is 10.2 Å². The zero-order valence-corrected chi connectivity index (χ0v) is 6.78. The molecule has 1 aromatic heterocycles. The lowest BCUT2D eigenvalue weighted by molar-refractivity contribution is -0.146. The summed E-state index contributed by atoms with van der Waals surface area (Å²) in [6, 6.07) is 0. The lowest BCUT2D eigenvalue weighted by atomic mass is 10.6. The number of halogens is 3. The van der Waals surface area contributed by atoms with Crippen LogP contribution in [-0.2, 0) is 6.18 Å². The van der Waals surface area contributed by atoms with Crippen molar-refractivity contribution in [1.82, 2.24) is 14.9 Å². The van der Waals surface area contributed by atoms with Crippen molar-refractivity contribution in [3.8, 4) is 0 Å². The normalized spacial score (nSPS) is 12.0. The van der Waals surface area contributed by atoms with Gasteiger partial charge in [-0.2, -0.15) is 13.2 Å². The molecule has 0 spiro atoms. The molecule has 4 nitrogen and oxygen atoms in total. The van der Waals surface area contributed by atoms with E-state index < -0.39 is 12.0 Å². The average molecular weight is 198 g/mol. The molecule has 1 rings (SSSR count). The van der Waals surface area contributed by atoms with Crippen molar-refractivity contribution < 1.29 is 13.2 Å². The standard InChI is InChI=1S/C4H5F3N4S/c1-12-3-10-9-2(11(3)8)4(5,6)7/h8H2,1H3. The first-order chi connectivity index (χ1) is 5.46. The van der Waals surface area contributed by atoms with Crippen molar-refractivity contribution >= 4 is 11.8 Å². The number of thioether (sulfide) groups is 1. The first kappa shape index (κ1) is 9.17. The van der Waals surface area contributed by atoms with Crippen LogP contribution in [0, 0.1) is 0 Å². The number of hydrogen-bond acceptors (Lipinski definition) is 4. The van der Waals surface area contributed by atoms with E-state index in [1.807, 2.05) is 0 Å². The summed E-state index contributed by atoms with van der Waals surface area (Å²) < 4.78 is 36.4. The Hall–Kier alpha value is -0.920. The van der Waals surface area contributed by atoms with E-state index in [2.05, 4.69) is 10.2 Å². The molecule has 0 saturated carbocycles. The van der Waals surface area contributed by atoms with Crippen molar-refractivity contribution in [2.45, 2.75) is 11.3 Å². The SMILES string of the molecule is CSc1nnc(C(F)(F)F)n1N. The van der Waals surface area contributed by atoms with Gasteiger partial charge >= 0.3 is 6.18 Å². The number of hydrogen-bond donors (Lipinski definition) is 1. The molecule has 1 aromatic rings. The van der Waals surface area contributed by atoms with E-state index in [0.29, 0.717) is 4.68 Å². The lowest BCUT2D eigenvalue weighted by Crippen LogP contribution is -2.21. The Morgan fingerprint density at radius 1 is 1.42 bits per heavy atom. The van der Waals surface area contributed by atoms with E-state index >= 15 is 0 Å². The molecule has 8 heteroatoms. The number of nitrogen functional groups attached to an aromatic ring is 1. The Morgan fingerprint density at radius 3 is 2.25 bits per heavy atom. The van der Waals surface area contributed by atoms with Gasteiger partial charge in [0.15, 0.2) is 0 Å². The molecule has 1 heterocycles. The van der Waals surface area contributed by atoms with E-state index in [0.717, 1.165) is 11.8 Å². The van der Waals surface area contributed by atoms with Gasteiger partial charge in [0.1, 0.15) is 0 Å². The maximum Gasteiger partial charge on any atom is 0.453 e. The highest BCUT2D eigenvalue weighted by atomic mass is 32.2. The molecular weight excluding hydrogens is 193 g/mol. The number of nitrogens with zero attached hydrogens (tertiary/aromatic N) is 3. The molecule has 2 N–H and O–H groups in total. The smallest absolute Gasteiger partial charge is 0.335 e. The summed E-state index contributed by atoms with van der Waals surface area (Å²) in [6.07, 6.45) is -2.98. The number of aromatic nitrogens is 3. The van der Waals surface area contributed by atoms with Crippen molar-refractivity contribution in [3.63, 3.8) is 0 Å². The van der Waals surface area contributed by atoms with Crippen molar-refractivity contribution in [2.75, 3.05) is 12.1 Å². The van der Waals surface area contributed by atoms with Gasteiger partial charge in [-0.05, 0) is 6.26 Å². The molecule has 12 heavy (non-hydrogen) atoms. The third-order valence-electron chi connectivity index (χ3n) is 1.10. The van der Waals surface area contributed by atoms with E-state index in [9.17, 15) is 13.2 Å². The van der Waals surface area contributed by atoms with Crippen molar-refractivity contribution in [3.05, 3.63) is 5.82 Å². The summed E-state index contributed by atoms with van der Waals surface area (Å²) in [5.41, 5.74) is 0. The molecule has 0 aromatic carbocycles. The first-order valence-electron chi connectivity index (χ1n) is 2.78. The Balaban J connectivity index is 3.11. The Kier molecular flexibility index (Phi) is 2.18. The van der Waals surface area contributed by atoms with Crippen LogP contribution < -0.4 is 5.84 Å². The minimum Gasteiger partial charge on any atom is -0.335 e. The second-order valence-electron chi connectivity index (χ2n) is 1.88. The van der Waals surface area contributed by atoms with Crippen LogP contribution in [0.2, 0.25) is 0 Å². The van der Waals surface area contributed by atoms with Crippen LogP contribution in [0.15, 0.2) is 5.16 Å². The van der Waals surface area contributed by atoms with Crippen LogP contribution in [0.25, 0.3) is 0 Å². The summed E-state index contributed by atoms with van der Waals surface area (Å²) in [4.78, 5) is 0. The van der Waals surface area contributed by atoms with E-state index in [1.165, 1.54) is 0 Å². The number of alkyl halides is 3. The average Bonchev–Trinajstić information content (AvgIpc) is 2.29. The topological polar surface area (TPSA) is 56.7 Å². The minimum atomic E-state index is -4.55. The predicted molar refractivity (Wildman–Crippen MR) is 37.0 cm³/mol. The van der Waals surface area contributed by atoms with Crippen LogP contribution in [0.4, 0.5) is 13.2 Å². The van der Waals surface area contributed by atoms with E-state index in [4.69, 9.17) is 5.84 Å². The van der Waals surface area contributed by atoms with Crippen molar-refractivity contribution in [1.29, 1.82) is 0 Å². The molecule has 0 amide bonds. The molecule has 0 fully saturated rings. The fourth-order valence-corrected chi connectivity index (χ4v) is 1.02. The monoisotopic (exact) mass is 198 g/mol. The zero-order chi connectivity index (χ0) is 9.35. The fourth-order valence-electron chi connectivity index (χ4n) is 0.610. The van der Waals surface area contributed by atoms with Crippen molar-refractivity contribution in [2.24, 2.45) is 0 Å². The quantitative estimate of drug-likeness (QED) is 0.534. The van der Waals surface area contributed by atoms with Gasteiger partial charge in [-0.25, -0.2) is 4.68 Å². The molecule has 68 valence electrons. The Bertz CT molecular complexity index is 280. The summed E-state index contributed by atoms with van der Waals surface area (Å²) in [5.74, 6) is 3.86. The highest BCUT2D eigenvalue weighted by molar-refractivity contribution is 7.98. The van der Waals surface area contributed by atoms with Crippen LogP contribution in [0.5, 0.6) is 0 Å². The molecule has 0 atom stereocenters. The Labute approximate surface area is 69.9 Å². The van der Waals surface area contributed by atoms with Crippen LogP contribution in [0.3, 0.4) is 0 Å². The summed E-state index contributed by atoms with van der Waals surface area (Å²) in [5, 5.41) is 6.16. The lowest BCUT2D eigenvalue weighted by Gasteiger charge is -2.04. The molecule has 0 bridgehead atoms. The first-order valence-corrected chi connectivity index (χ1v) is 4.01. The largest absolute Gasteiger partial charge is 0.453 e. The summed E-state index contributed by atoms with van der Waals surface area (Å²) >= 11 is 0.997. The maximum atomic E-state index is 12.0. The number of rotatable bonds is 1. The molecule has 0 aliphatic rings. The Morgan fingerprint density at radius 2 is 2.00 bits per heavy atom. The second kappa shape index (κ2) is 2.85. The summed E-state index contributed by atoms with van der Waals surface area (Å²) in [6.45, 7) is 0. The van der Waals surface area contributed by atoms with Gasteiger partial charge in [0.25, 0.3) is 5.82 Å². The molecular formula is C4H5F3N4S. The zero-order valence-electron chi connectivity index (χ0n) is 5.96. The molecule has 0 radical (unpaired) electrons. The third-order valence-corrected chi connectivity index (χ3v) is 1.74. The molecule has 0 unspecified atom stereocenters. The van der Waals surface area contributed by atoms with Gasteiger partial charge in [0, 0.05) is 0 Å². The fraction of sp³-hybridized carbons (Fsp3) is 0.500. The molecule has 0 aliphatic heterocycles. The third kappa shape index (κ3) is 1.47. The molecule has 0 saturated heterocycles. The van der Waals surface area contributed by atoms with Crippen LogP contribution >= 0.6 is 11.8 Å². The predicted octanol–water partition coefficient (Wildman–Crippen LogP) is 0.733. The molecule has 0 aliphatic carbocycles. The van der Waals surface area contributed by atoms with Gasteiger partial charge in [0.05, 0.1) is 0 Å². The van der Waals surface area contributed by atoms with Crippen LogP contribution in [0.1, 0.15) is 5.82 Å². The van der Waals surface area contributed by atoms with Crippen LogP contribution in [-0.4, -0.2) is 21.1 Å². The number of nitrogens with two attached hydrogens (primary N) is 1. The highest BCUT2D eigenvalue weighted by Crippen LogP contribution is 2.28.